The van der Waals surface area contributed by atoms with Crippen LogP contribution in [0.15, 0.2) is 29.3 Å². The van der Waals surface area contributed by atoms with Crippen molar-refractivity contribution in [3.05, 3.63) is 30.1 Å². The second kappa shape index (κ2) is 10.9. The van der Waals surface area contributed by atoms with Gasteiger partial charge in [-0.3, -0.25) is 9.89 Å². The molecular weight excluding hydrogens is 307 g/mol. The van der Waals surface area contributed by atoms with Gasteiger partial charge in [0.05, 0.1) is 6.54 Å². The summed E-state index contributed by atoms with van der Waals surface area (Å²) in [6.45, 7) is 11.8. The molecule has 1 aromatic carbocycles. The average molecular weight is 338 g/mol. The second-order valence-corrected chi connectivity index (χ2v) is 5.96. The smallest absolute Gasteiger partial charge is 0.191 e. The summed E-state index contributed by atoms with van der Waals surface area (Å²) in [6.07, 6.45) is -0.178. The molecule has 1 unspecified atom stereocenters. The highest BCUT2D eigenvalue weighted by atomic mass is 19.1. The van der Waals surface area contributed by atoms with E-state index in [1.165, 1.54) is 6.07 Å². The monoisotopic (exact) mass is 338 g/mol. The SMILES string of the molecule is CCN(CCNC(=NC)NCC(C)Oc1ccccc1F)C(C)C. The van der Waals surface area contributed by atoms with Crippen LogP contribution in [0.2, 0.25) is 0 Å². The van der Waals surface area contributed by atoms with Gasteiger partial charge in [0.2, 0.25) is 0 Å². The summed E-state index contributed by atoms with van der Waals surface area (Å²) in [6, 6.07) is 6.95. The van der Waals surface area contributed by atoms with Crippen molar-refractivity contribution < 1.29 is 9.13 Å². The number of halogens is 1. The van der Waals surface area contributed by atoms with Crippen molar-refractivity contribution in [3.8, 4) is 5.75 Å². The maximum atomic E-state index is 13.6. The molecule has 2 N–H and O–H groups in total. The standard InChI is InChI=1S/C18H31FN4O/c1-6-23(14(2)3)12-11-21-18(20-5)22-13-15(4)24-17-10-8-7-9-16(17)19/h7-10,14-15H,6,11-13H2,1-5H3,(H2,20,21,22). The lowest BCUT2D eigenvalue weighted by molar-refractivity contribution is 0.213. The van der Waals surface area contributed by atoms with Gasteiger partial charge in [-0.05, 0) is 39.4 Å². The Morgan fingerprint density at radius 2 is 1.96 bits per heavy atom. The first kappa shape index (κ1) is 20.2. The highest BCUT2D eigenvalue weighted by Gasteiger charge is 2.10. The topological polar surface area (TPSA) is 48.9 Å². The molecule has 0 fully saturated rings. The van der Waals surface area contributed by atoms with Crippen LogP contribution in [0.5, 0.6) is 5.75 Å². The van der Waals surface area contributed by atoms with Crippen molar-refractivity contribution in [2.75, 3.05) is 33.2 Å². The van der Waals surface area contributed by atoms with Crippen LogP contribution in [-0.4, -0.2) is 56.2 Å². The van der Waals surface area contributed by atoms with Gasteiger partial charge in [-0.25, -0.2) is 4.39 Å². The number of rotatable bonds is 9. The summed E-state index contributed by atoms with van der Waals surface area (Å²) in [7, 11) is 1.73. The zero-order chi connectivity index (χ0) is 17.9. The first-order chi connectivity index (χ1) is 11.5. The van der Waals surface area contributed by atoms with Gasteiger partial charge in [0.25, 0.3) is 0 Å². The van der Waals surface area contributed by atoms with E-state index in [1.54, 1.807) is 25.2 Å². The van der Waals surface area contributed by atoms with E-state index in [9.17, 15) is 4.39 Å². The molecule has 0 spiro atoms. The molecule has 0 aromatic heterocycles. The van der Waals surface area contributed by atoms with Crippen LogP contribution in [0.1, 0.15) is 27.7 Å². The highest BCUT2D eigenvalue weighted by Crippen LogP contribution is 2.16. The van der Waals surface area contributed by atoms with Crippen LogP contribution in [0, 0.1) is 5.82 Å². The van der Waals surface area contributed by atoms with Crippen molar-refractivity contribution >= 4 is 5.96 Å². The molecule has 0 saturated heterocycles. The summed E-state index contributed by atoms with van der Waals surface area (Å²) in [5.41, 5.74) is 0. The third kappa shape index (κ3) is 7.17. The number of hydrogen-bond acceptors (Lipinski definition) is 3. The molecule has 0 aliphatic heterocycles. The lowest BCUT2D eigenvalue weighted by Crippen LogP contribution is -2.45. The summed E-state index contributed by atoms with van der Waals surface area (Å²) < 4.78 is 19.2. The molecule has 0 amide bonds. The fourth-order valence-electron chi connectivity index (χ4n) is 2.36. The zero-order valence-electron chi connectivity index (χ0n) is 15.5. The summed E-state index contributed by atoms with van der Waals surface area (Å²) in [4.78, 5) is 6.58. The van der Waals surface area contributed by atoms with Gasteiger partial charge >= 0.3 is 0 Å². The Hall–Kier alpha value is -1.82. The molecule has 0 radical (unpaired) electrons. The van der Waals surface area contributed by atoms with Gasteiger partial charge in [-0.15, -0.1) is 0 Å². The molecule has 6 heteroatoms. The molecule has 1 rings (SSSR count). The summed E-state index contributed by atoms with van der Waals surface area (Å²) in [5, 5.41) is 6.49. The molecule has 24 heavy (non-hydrogen) atoms. The maximum absolute atomic E-state index is 13.6. The Labute approximate surface area is 145 Å². The summed E-state index contributed by atoms with van der Waals surface area (Å²) >= 11 is 0. The molecule has 1 atom stereocenters. The zero-order valence-corrected chi connectivity index (χ0v) is 15.5. The molecule has 0 saturated carbocycles. The number of nitrogens with zero attached hydrogens (tertiary/aromatic N) is 2. The Bertz CT molecular complexity index is 508. The predicted molar refractivity (Wildman–Crippen MR) is 98.2 cm³/mol. The van der Waals surface area contributed by atoms with E-state index in [-0.39, 0.29) is 17.7 Å². The maximum Gasteiger partial charge on any atom is 0.191 e. The predicted octanol–water partition coefficient (Wildman–Crippen LogP) is 2.49. The number of para-hydroxylation sites is 1. The van der Waals surface area contributed by atoms with Gasteiger partial charge in [-0.1, -0.05) is 19.1 Å². The first-order valence-corrected chi connectivity index (χ1v) is 8.57. The first-order valence-electron chi connectivity index (χ1n) is 8.57. The van der Waals surface area contributed by atoms with Crippen molar-refractivity contribution in [3.63, 3.8) is 0 Å². The van der Waals surface area contributed by atoms with Gasteiger partial charge < -0.3 is 15.4 Å². The lowest BCUT2D eigenvalue weighted by atomic mass is 10.3. The van der Waals surface area contributed by atoms with Crippen LogP contribution < -0.4 is 15.4 Å². The number of nitrogens with one attached hydrogen (secondary N) is 2. The average Bonchev–Trinajstić information content (AvgIpc) is 2.56. The highest BCUT2D eigenvalue weighted by molar-refractivity contribution is 5.79. The molecule has 0 heterocycles. The second-order valence-electron chi connectivity index (χ2n) is 5.96. The van der Waals surface area contributed by atoms with Crippen molar-refractivity contribution in [2.45, 2.75) is 39.8 Å². The Balaban J connectivity index is 2.34. The van der Waals surface area contributed by atoms with E-state index in [0.717, 1.165) is 25.6 Å². The molecule has 0 aliphatic rings. The van der Waals surface area contributed by atoms with Crippen LogP contribution in [0.25, 0.3) is 0 Å². The van der Waals surface area contributed by atoms with E-state index in [4.69, 9.17) is 4.74 Å². The molecule has 0 aliphatic carbocycles. The molecule has 5 nitrogen and oxygen atoms in total. The molecule has 1 aromatic rings. The number of hydrogen-bond donors (Lipinski definition) is 2. The fraction of sp³-hybridized carbons (Fsp3) is 0.611. The number of aliphatic imine (C=N–C) groups is 1. The largest absolute Gasteiger partial charge is 0.486 e. The minimum absolute atomic E-state index is 0.178. The lowest BCUT2D eigenvalue weighted by Gasteiger charge is -2.25. The molecule has 136 valence electrons. The number of likely N-dealkylation sites (N-methyl/N-ethyl adjacent to an activating group) is 1. The van der Waals surface area contributed by atoms with Crippen LogP contribution in [0.4, 0.5) is 4.39 Å². The van der Waals surface area contributed by atoms with Gasteiger partial charge in [0, 0.05) is 26.2 Å². The van der Waals surface area contributed by atoms with Gasteiger partial charge in [-0.2, -0.15) is 0 Å². The van der Waals surface area contributed by atoms with E-state index < -0.39 is 0 Å². The quantitative estimate of drug-likeness (QED) is 0.536. The van der Waals surface area contributed by atoms with Crippen LogP contribution >= 0.6 is 0 Å². The van der Waals surface area contributed by atoms with E-state index in [1.807, 2.05) is 6.92 Å². The summed E-state index contributed by atoms with van der Waals surface area (Å²) in [5.74, 6) is 0.643. The Kier molecular flexibility index (Phi) is 9.15. The van der Waals surface area contributed by atoms with E-state index >= 15 is 0 Å². The van der Waals surface area contributed by atoms with Crippen molar-refractivity contribution in [1.82, 2.24) is 15.5 Å². The number of ether oxygens (including phenoxy) is 1. The van der Waals surface area contributed by atoms with Crippen LogP contribution in [0.3, 0.4) is 0 Å². The normalized spacial score (nSPS) is 13.2. The molecule has 0 bridgehead atoms. The van der Waals surface area contributed by atoms with Gasteiger partial charge in [0.15, 0.2) is 17.5 Å². The van der Waals surface area contributed by atoms with Crippen molar-refractivity contribution in [2.24, 2.45) is 4.99 Å². The number of guanidine groups is 1. The molecular formula is C18H31FN4O. The third-order valence-corrected chi connectivity index (χ3v) is 3.77. The Morgan fingerprint density at radius 1 is 1.25 bits per heavy atom. The van der Waals surface area contributed by atoms with Crippen molar-refractivity contribution in [1.29, 1.82) is 0 Å². The van der Waals surface area contributed by atoms with Crippen LogP contribution in [-0.2, 0) is 0 Å². The fourth-order valence-corrected chi connectivity index (χ4v) is 2.36. The van der Waals surface area contributed by atoms with E-state index in [2.05, 4.69) is 41.3 Å². The minimum atomic E-state index is -0.347. The number of benzene rings is 1. The Morgan fingerprint density at radius 3 is 2.54 bits per heavy atom. The van der Waals surface area contributed by atoms with Gasteiger partial charge in [0.1, 0.15) is 6.10 Å². The van der Waals surface area contributed by atoms with E-state index in [0.29, 0.717) is 12.6 Å². The third-order valence-electron chi connectivity index (χ3n) is 3.77. The minimum Gasteiger partial charge on any atom is -0.486 e.